The number of hydrogen-bond donors (Lipinski definition) is 2. The number of thiazole rings is 1. The second kappa shape index (κ2) is 5.29. The Bertz CT molecular complexity index is 468. The Kier molecular flexibility index (Phi) is 3.76. The fourth-order valence-electron chi connectivity index (χ4n) is 1.74. The average molecular weight is 248 g/mol. The van der Waals surface area contributed by atoms with Gasteiger partial charge in [0.25, 0.3) is 0 Å². The summed E-state index contributed by atoms with van der Waals surface area (Å²) in [6, 6.07) is 7.95. The van der Waals surface area contributed by atoms with Gasteiger partial charge in [-0.05, 0) is 19.9 Å². The molecule has 1 aromatic heterocycles. The first kappa shape index (κ1) is 12.1. The summed E-state index contributed by atoms with van der Waals surface area (Å²) < 4.78 is 0. The van der Waals surface area contributed by atoms with Crippen molar-refractivity contribution < 1.29 is 5.11 Å². The zero-order chi connectivity index (χ0) is 12.3. The van der Waals surface area contributed by atoms with E-state index in [4.69, 9.17) is 0 Å². The van der Waals surface area contributed by atoms with E-state index in [1.54, 1.807) is 24.5 Å². The van der Waals surface area contributed by atoms with Crippen LogP contribution in [0.3, 0.4) is 0 Å². The van der Waals surface area contributed by atoms with Gasteiger partial charge in [0.1, 0.15) is 5.01 Å². The van der Waals surface area contributed by atoms with E-state index in [0.717, 1.165) is 16.3 Å². The van der Waals surface area contributed by atoms with Crippen LogP contribution in [-0.4, -0.2) is 10.1 Å². The molecule has 0 spiro atoms. The van der Waals surface area contributed by atoms with Crippen molar-refractivity contribution in [2.24, 2.45) is 0 Å². The molecule has 2 N–H and O–H groups in total. The summed E-state index contributed by atoms with van der Waals surface area (Å²) in [7, 11) is 0. The minimum Gasteiger partial charge on any atom is -0.389 e. The highest BCUT2D eigenvalue weighted by atomic mass is 32.1. The van der Waals surface area contributed by atoms with E-state index in [0.29, 0.717) is 0 Å². The van der Waals surface area contributed by atoms with Crippen LogP contribution in [0, 0.1) is 0 Å². The van der Waals surface area contributed by atoms with Crippen LogP contribution in [0.15, 0.2) is 35.8 Å². The Balaban J connectivity index is 2.18. The molecule has 2 unspecified atom stereocenters. The molecule has 0 saturated heterocycles. The van der Waals surface area contributed by atoms with Crippen molar-refractivity contribution in [3.63, 3.8) is 0 Å². The number of anilines is 1. The van der Waals surface area contributed by atoms with Gasteiger partial charge in [-0.3, -0.25) is 0 Å². The highest BCUT2D eigenvalue weighted by Crippen LogP contribution is 2.27. The zero-order valence-electron chi connectivity index (χ0n) is 9.92. The van der Waals surface area contributed by atoms with Crippen molar-refractivity contribution in [1.82, 2.24) is 4.98 Å². The molecule has 90 valence electrons. The van der Waals surface area contributed by atoms with Gasteiger partial charge in [0.15, 0.2) is 0 Å². The van der Waals surface area contributed by atoms with Gasteiger partial charge in [-0.2, -0.15) is 0 Å². The molecule has 0 aliphatic carbocycles. The van der Waals surface area contributed by atoms with Gasteiger partial charge in [-0.15, -0.1) is 11.3 Å². The lowest BCUT2D eigenvalue weighted by molar-refractivity contribution is 0.200. The summed E-state index contributed by atoms with van der Waals surface area (Å²) in [5.41, 5.74) is 1.88. The summed E-state index contributed by atoms with van der Waals surface area (Å²) in [6.07, 6.45) is 1.33. The topological polar surface area (TPSA) is 45.1 Å². The first-order valence-electron chi connectivity index (χ1n) is 5.61. The van der Waals surface area contributed by atoms with E-state index in [1.165, 1.54) is 0 Å². The van der Waals surface area contributed by atoms with Gasteiger partial charge in [-0.25, -0.2) is 4.98 Å². The highest BCUT2D eigenvalue weighted by Gasteiger charge is 2.12. The number of nitrogens with zero attached hydrogens (tertiary/aromatic N) is 1. The Morgan fingerprint density at radius 1 is 1.29 bits per heavy atom. The average Bonchev–Trinajstić information content (AvgIpc) is 2.83. The number of nitrogens with one attached hydrogen (secondary N) is 1. The predicted molar refractivity (Wildman–Crippen MR) is 71.2 cm³/mol. The maximum absolute atomic E-state index is 9.69. The fraction of sp³-hybridized carbons (Fsp3) is 0.308. The molecule has 3 nitrogen and oxygen atoms in total. The van der Waals surface area contributed by atoms with Gasteiger partial charge in [-0.1, -0.05) is 18.2 Å². The van der Waals surface area contributed by atoms with Crippen molar-refractivity contribution in [2.75, 3.05) is 5.32 Å². The van der Waals surface area contributed by atoms with Crippen LogP contribution in [0.4, 0.5) is 5.69 Å². The molecule has 4 heteroatoms. The van der Waals surface area contributed by atoms with Crippen LogP contribution < -0.4 is 5.32 Å². The molecule has 0 fully saturated rings. The van der Waals surface area contributed by atoms with Gasteiger partial charge < -0.3 is 10.4 Å². The Hall–Kier alpha value is -1.39. The molecule has 0 bridgehead atoms. The van der Waals surface area contributed by atoms with Crippen LogP contribution in [0.25, 0.3) is 0 Å². The van der Waals surface area contributed by atoms with Gasteiger partial charge >= 0.3 is 0 Å². The number of benzene rings is 1. The molecule has 0 aliphatic rings. The number of rotatable bonds is 4. The van der Waals surface area contributed by atoms with E-state index in [9.17, 15) is 5.11 Å². The SMILES string of the molecule is CC(O)c1ccccc1NC(C)c1nccs1. The third-order valence-electron chi connectivity index (χ3n) is 2.60. The molecule has 17 heavy (non-hydrogen) atoms. The van der Waals surface area contributed by atoms with E-state index in [-0.39, 0.29) is 6.04 Å². The van der Waals surface area contributed by atoms with Crippen LogP contribution in [0.1, 0.15) is 36.6 Å². The van der Waals surface area contributed by atoms with E-state index in [2.05, 4.69) is 17.2 Å². The molecule has 1 aromatic carbocycles. The zero-order valence-corrected chi connectivity index (χ0v) is 10.7. The van der Waals surface area contributed by atoms with Crippen molar-refractivity contribution in [3.8, 4) is 0 Å². The molecule has 2 rings (SSSR count). The summed E-state index contributed by atoms with van der Waals surface area (Å²) >= 11 is 1.63. The Morgan fingerprint density at radius 2 is 2.06 bits per heavy atom. The van der Waals surface area contributed by atoms with Crippen LogP contribution in [0.2, 0.25) is 0 Å². The maximum Gasteiger partial charge on any atom is 0.115 e. The number of aliphatic hydroxyl groups is 1. The highest BCUT2D eigenvalue weighted by molar-refractivity contribution is 7.09. The normalized spacial score (nSPS) is 14.3. The van der Waals surface area contributed by atoms with Crippen LogP contribution in [-0.2, 0) is 0 Å². The first-order valence-corrected chi connectivity index (χ1v) is 6.49. The Morgan fingerprint density at radius 3 is 2.71 bits per heavy atom. The number of hydrogen-bond acceptors (Lipinski definition) is 4. The molecule has 0 saturated carbocycles. The quantitative estimate of drug-likeness (QED) is 0.872. The van der Waals surface area contributed by atoms with Crippen LogP contribution in [0.5, 0.6) is 0 Å². The largest absolute Gasteiger partial charge is 0.389 e. The second-order valence-electron chi connectivity index (χ2n) is 4.00. The monoisotopic (exact) mass is 248 g/mol. The number of aliphatic hydroxyl groups excluding tert-OH is 1. The van der Waals surface area contributed by atoms with E-state index >= 15 is 0 Å². The summed E-state index contributed by atoms with van der Waals surface area (Å²) in [6.45, 7) is 3.84. The summed E-state index contributed by atoms with van der Waals surface area (Å²) in [5, 5.41) is 16.1. The number of para-hydroxylation sites is 1. The smallest absolute Gasteiger partial charge is 0.115 e. The van der Waals surface area contributed by atoms with Crippen LogP contribution >= 0.6 is 11.3 Å². The van der Waals surface area contributed by atoms with Gasteiger partial charge in [0.2, 0.25) is 0 Å². The van der Waals surface area contributed by atoms with Crippen molar-refractivity contribution in [2.45, 2.75) is 26.0 Å². The Labute approximate surface area is 105 Å². The summed E-state index contributed by atoms with van der Waals surface area (Å²) in [4.78, 5) is 4.28. The van der Waals surface area contributed by atoms with Crippen molar-refractivity contribution >= 4 is 17.0 Å². The summed E-state index contributed by atoms with van der Waals surface area (Å²) in [5.74, 6) is 0. The molecule has 2 atom stereocenters. The standard InChI is InChI=1S/C13H16N2OS/c1-9(13-14-7-8-17-13)15-12-6-4-3-5-11(12)10(2)16/h3-10,15-16H,1-2H3. The van der Waals surface area contributed by atoms with Crippen molar-refractivity contribution in [3.05, 3.63) is 46.4 Å². The molecular formula is C13H16N2OS. The minimum atomic E-state index is -0.470. The van der Waals surface area contributed by atoms with E-state index < -0.39 is 6.10 Å². The maximum atomic E-state index is 9.69. The predicted octanol–water partition coefficient (Wildman–Crippen LogP) is 3.37. The lowest BCUT2D eigenvalue weighted by Gasteiger charge is -2.17. The second-order valence-corrected chi connectivity index (χ2v) is 4.93. The van der Waals surface area contributed by atoms with Gasteiger partial charge in [0.05, 0.1) is 12.1 Å². The van der Waals surface area contributed by atoms with E-state index in [1.807, 2.05) is 29.6 Å². The molecule has 0 amide bonds. The lowest BCUT2D eigenvalue weighted by Crippen LogP contribution is -2.09. The third-order valence-corrected chi connectivity index (χ3v) is 3.56. The molecule has 0 aliphatic heterocycles. The van der Waals surface area contributed by atoms with Crippen molar-refractivity contribution in [1.29, 1.82) is 0 Å². The minimum absolute atomic E-state index is 0.148. The van der Waals surface area contributed by atoms with Gasteiger partial charge in [0, 0.05) is 22.8 Å². The molecule has 1 heterocycles. The molecule has 2 aromatic rings. The molecule has 0 radical (unpaired) electrons. The lowest BCUT2D eigenvalue weighted by atomic mass is 10.1. The molecular weight excluding hydrogens is 232 g/mol. The number of aromatic nitrogens is 1. The fourth-order valence-corrected chi connectivity index (χ4v) is 2.38. The first-order chi connectivity index (χ1) is 8.18. The third kappa shape index (κ3) is 2.84.